The summed E-state index contributed by atoms with van der Waals surface area (Å²) in [6.07, 6.45) is -0.150. The highest BCUT2D eigenvalue weighted by atomic mass is 19.2. The first-order chi connectivity index (χ1) is 7.32. The topological polar surface area (TPSA) is 12.9 Å². The van der Waals surface area contributed by atoms with Crippen molar-refractivity contribution in [1.82, 2.24) is 4.98 Å². The number of alkyl halides is 2. The van der Waals surface area contributed by atoms with Crippen LogP contribution in [-0.2, 0) is 5.67 Å². The molecular weight excluding hydrogens is 208 g/mol. The van der Waals surface area contributed by atoms with E-state index in [1.54, 1.807) is 12.1 Å². The summed E-state index contributed by atoms with van der Waals surface area (Å²) in [4.78, 5) is 4.29. The quantitative estimate of drug-likeness (QED) is 0.744. The van der Waals surface area contributed by atoms with Crippen LogP contribution in [0.3, 0.4) is 0 Å². The van der Waals surface area contributed by atoms with Gasteiger partial charge in [-0.3, -0.25) is 4.98 Å². The molecule has 1 aliphatic rings. The van der Waals surface area contributed by atoms with Crippen LogP contribution in [0.2, 0.25) is 0 Å². The first kappa shape index (κ1) is 11.5. The van der Waals surface area contributed by atoms with Crippen LogP contribution < -0.4 is 0 Å². The highest BCUT2D eigenvalue weighted by molar-refractivity contribution is 5.24. The molecule has 1 aliphatic carbocycles. The summed E-state index contributed by atoms with van der Waals surface area (Å²) in [5.41, 5.74) is -1.69. The van der Waals surface area contributed by atoms with Crippen molar-refractivity contribution in [3.8, 4) is 0 Å². The average Bonchev–Trinajstić information content (AvgIpc) is 2.15. The van der Waals surface area contributed by atoms with E-state index in [9.17, 15) is 8.78 Å². The van der Waals surface area contributed by atoms with Crippen molar-refractivity contribution in [2.45, 2.75) is 50.9 Å². The molecule has 0 amide bonds. The van der Waals surface area contributed by atoms with Gasteiger partial charge in [0.1, 0.15) is 5.67 Å². The molecule has 1 nitrogen and oxygen atoms in total. The molecule has 3 heteroatoms. The molecule has 0 atom stereocenters. The molecule has 1 fully saturated rings. The fourth-order valence-electron chi connectivity index (χ4n) is 2.32. The number of nitrogens with zero attached hydrogens (tertiary/aromatic N) is 1. The molecule has 2 rings (SSSR count). The van der Waals surface area contributed by atoms with E-state index < -0.39 is 11.3 Å². The Morgan fingerprint density at radius 1 is 1.25 bits per heavy atom. The van der Waals surface area contributed by atoms with E-state index in [1.807, 2.05) is 19.9 Å². The molecule has 0 aromatic carbocycles. The Balaban J connectivity index is 2.25. The summed E-state index contributed by atoms with van der Waals surface area (Å²) >= 11 is 0. The maximum atomic E-state index is 14.3. The van der Waals surface area contributed by atoms with Gasteiger partial charge in [-0.15, -0.1) is 0 Å². The molecule has 16 heavy (non-hydrogen) atoms. The zero-order chi connectivity index (χ0) is 12.0. The van der Waals surface area contributed by atoms with E-state index in [0.717, 1.165) is 5.69 Å². The summed E-state index contributed by atoms with van der Waals surface area (Å²) < 4.78 is 27.7. The van der Waals surface area contributed by atoms with Gasteiger partial charge in [-0.25, -0.2) is 8.78 Å². The zero-order valence-corrected chi connectivity index (χ0v) is 9.93. The van der Waals surface area contributed by atoms with Crippen LogP contribution in [-0.4, -0.2) is 10.7 Å². The van der Waals surface area contributed by atoms with E-state index in [-0.39, 0.29) is 18.8 Å². The van der Waals surface area contributed by atoms with E-state index in [0.29, 0.717) is 5.69 Å². The molecule has 1 aromatic rings. The average molecular weight is 225 g/mol. The van der Waals surface area contributed by atoms with Crippen molar-refractivity contribution < 1.29 is 8.78 Å². The van der Waals surface area contributed by atoms with Gasteiger partial charge in [0, 0.05) is 18.5 Å². The molecule has 1 heterocycles. The van der Waals surface area contributed by atoms with Gasteiger partial charge in [-0.2, -0.15) is 0 Å². The van der Waals surface area contributed by atoms with Gasteiger partial charge in [0.2, 0.25) is 0 Å². The number of hydrogen-bond donors (Lipinski definition) is 0. The molecule has 0 spiro atoms. The number of pyridine rings is 1. The van der Waals surface area contributed by atoms with Gasteiger partial charge >= 0.3 is 0 Å². The molecule has 0 N–H and O–H groups in total. The predicted molar refractivity (Wildman–Crippen MR) is 59.9 cm³/mol. The minimum absolute atomic E-state index is 0.0749. The zero-order valence-electron chi connectivity index (χ0n) is 9.93. The van der Waals surface area contributed by atoms with Crippen LogP contribution in [0.4, 0.5) is 8.78 Å². The Hall–Kier alpha value is -0.990. The molecule has 0 bridgehead atoms. The van der Waals surface area contributed by atoms with Crippen LogP contribution in [0.5, 0.6) is 0 Å². The lowest BCUT2D eigenvalue weighted by molar-refractivity contribution is -0.0845. The van der Waals surface area contributed by atoms with Crippen molar-refractivity contribution >= 4 is 0 Å². The SMILES string of the molecule is CC(C)c1cccc(C2(F)CC(C)(F)C2)n1. The monoisotopic (exact) mass is 225 g/mol. The standard InChI is InChI=1S/C13H17F2N/c1-9(2)10-5-4-6-11(16-10)13(15)7-12(3,14)8-13/h4-6,9H,7-8H2,1-3H3. The van der Waals surface area contributed by atoms with Crippen molar-refractivity contribution in [3.05, 3.63) is 29.6 Å². The van der Waals surface area contributed by atoms with Gasteiger partial charge in [0.25, 0.3) is 0 Å². The molecule has 0 aliphatic heterocycles. The molecule has 0 radical (unpaired) electrons. The van der Waals surface area contributed by atoms with Gasteiger partial charge in [-0.1, -0.05) is 19.9 Å². The van der Waals surface area contributed by atoms with E-state index in [2.05, 4.69) is 4.98 Å². The summed E-state index contributed by atoms with van der Waals surface area (Å²) in [5, 5.41) is 0. The number of rotatable bonds is 2. The lowest BCUT2D eigenvalue weighted by atomic mass is 9.69. The summed E-state index contributed by atoms with van der Waals surface area (Å²) in [6, 6.07) is 5.33. The minimum atomic E-state index is -1.56. The molecular formula is C13H17F2N. The fraction of sp³-hybridized carbons (Fsp3) is 0.615. The maximum Gasteiger partial charge on any atom is 0.158 e. The number of hydrogen-bond acceptors (Lipinski definition) is 1. The lowest BCUT2D eigenvalue weighted by Gasteiger charge is -2.43. The number of halogens is 2. The highest BCUT2D eigenvalue weighted by Crippen LogP contribution is 2.52. The first-order valence-electron chi connectivity index (χ1n) is 5.68. The van der Waals surface area contributed by atoms with Crippen LogP contribution in [0, 0.1) is 0 Å². The molecule has 1 aromatic heterocycles. The van der Waals surface area contributed by atoms with E-state index in [1.165, 1.54) is 6.92 Å². The van der Waals surface area contributed by atoms with Crippen molar-refractivity contribution in [2.24, 2.45) is 0 Å². The van der Waals surface area contributed by atoms with Gasteiger partial charge in [0.05, 0.1) is 5.69 Å². The Morgan fingerprint density at radius 3 is 2.38 bits per heavy atom. The third kappa shape index (κ3) is 1.95. The molecule has 0 unspecified atom stereocenters. The Labute approximate surface area is 94.9 Å². The second-order valence-corrected chi connectivity index (χ2v) is 5.33. The maximum absolute atomic E-state index is 14.3. The Kier molecular flexibility index (Phi) is 2.52. The minimum Gasteiger partial charge on any atom is -0.254 e. The normalized spacial score (nSPS) is 33.9. The van der Waals surface area contributed by atoms with Crippen LogP contribution >= 0.6 is 0 Å². The van der Waals surface area contributed by atoms with Gasteiger partial charge in [0.15, 0.2) is 5.67 Å². The van der Waals surface area contributed by atoms with Crippen molar-refractivity contribution in [1.29, 1.82) is 0 Å². The third-order valence-corrected chi connectivity index (χ3v) is 3.12. The van der Waals surface area contributed by atoms with Gasteiger partial charge < -0.3 is 0 Å². The Morgan fingerprint density at radius 2 is 1.88 bits per heavy atom. The largest absolute Gasteiger partial charge is 0.254 e. The van der Waals surface area contributed by atoms with Gasteiger partial charge in [-0.05, 0) is 25.0 Å². The summed E-state index contributed by atoms with van der Waals surface area (Å²) in [6.45, 7) is 5.46. The van der Waals surface area contributed by atoms with Crippen LogP contribution in [0.15, 0.2) is 18.2 Å². The number of aromatic nitrogens is 1. The van der Waals surface area contributed by atoms with Crippen molar-refractivity contribution in [3.63, 3.8) is 0 Å². The second-order valence-electron chi connectivity index (χ2n) is 5.33. The van der Waals surface area contributed by atoms with Crippen molar-refractivity contribution in [2.75, 3.05) is 0 Å². The smallest absolute Gasteiger partial charge is 0.158 e. The third-order valence-electron chi connectivity index (χ3n) is 3.12. The van der Waals surface area contributed by atoms with E-state index >= 15 is 0 Å². The van der Waals surface area contributed by atoms with Crippen LogP contribution in [0.25, 0.3) is 0 Å². The summed E-state index contributed by atoms with van der Waals surface area (Å²) in [7, 11) is 0. The lowest BCUT2D eigenvalue weighted by Crippen LogP contribution is -2.47. The second kappa shape index (κ2) is 3.51. The highest BCUT2D eigenvalue weighted by Gasteiger charge is 2.55. The Bertz CT molecular complexity index is 391. The van der Waals surface area contributed by atoms with Crippen LogP contribution in [0.1, 0.15) is 50.9 Å². The first-order valence-corrected chi connectivity index (χ1v) is 5.68. The molecule has 0 saturated heterocycles. The molecule has 1 saturated carbocycles. The predicted octanol–water partition coefficient (Wildman–Crippen LogP) is 3.89. The fourth-order valence-corrected chi connectivity index (χ4v) is 2.32. The van der Waals surface area contributed by atoms with E-state index in [4.69, 9.17) is 0 Å². The molecule has 88 valence electrons. The summed E-state index contributed by atoms with van der Waals surface area (Å²) in [5.74, 6) is 0.264.